The number of carbonyl (C=O) groups excluding carboxylic acids is 1. The maximum absolute atomic E-state index is 12.7. The van der Waals surface area contributed by atoms with Crippen LogP contribution in [-0.2, 0) is 27.9 Å². The van der Waals surface area contributed by atoms with Crippen molar-refractivity contribution < 1.29 is 58.3 Å². The average molecular weight is 741 g/mol. The van der Waals surface area contributed by atoms with Crippen molar-refractivity contribution in [3.63, 3.8) is 0 Å². The number of esters is 1. The molecule has 13 heteroatoms. The lowest BCUT2D eigenvalue weighted by atomic mass is 9.85. The lowest BCUT2D eigenvalue weighted by Gasteiger charge is -2.41. The van der Waals surface area contributed by atoms with Crippen LogP contribution in [0.4, 0.5) is 0 Å². The van der Waals surface area contributed by atoms with Gasteiger partial charge >= 0.3 is 13.8 Å². The predicted molar refractivity (Wildman–Crippen MR) is 194 cm³/mol. The molecule has 0 saturated heterocycles. The molecule has 0 aromatic heterocycles. The summed E-state index contributed by atoms with van der Waals surface area (Å²) < 4.78 is 33.9. The number of hydrogen-bond donors (Lipinski definition) is 6. The minimum atomic E-state index is -5.00. The zero-order chi connectivity index (χ0) is 37.0. The first kappa shape index (κ1) is 47.4. The molecule has 6 atom stereocenters. The molecule has 1 saturated carbocycles. The molecule has 50 heavy (non-hydrogen) atoms. The highest BCUT2D eigenvalue weighted by molar-refractivity contribution is 7.47. The Kier molecular flexibility index (Phi) is 28.2. The van der Waals surface area contributed by atoms with Gasteiger partial charge in [-0.15, -0.1) is 0 Å². The fourth-order valence-corrected chi connectivity index (χ4v) is 7.21. The number of rotatable bonds is 33. The van der Waals surface area contributed by atoms with Crippen molar-refractivity contribution in [2.75, 3.05) is 19.8 Å². The minimum Gasteiger partial charge on any atom is -0.457 e. The quantitative estimate of drug-likeness (QED) is 0.0239. The first-order chi connectivity index (χ1) is 24.0. The van der Waals surface area contributed by atoms with Crippen LogP contribution in [-0.4, -0.2) is 98.9 Å². The average Bonchev–Trinajstić information content (AvgIpc) is 3.09. The summed E-state index contributed by atoms with van der Waals surface area (Å²) in [6.07, 6.45) is 14.8. The second-order valence-corrected chi connectivity index (χ2v) is 15.6. The van der Waals surface area contributed by atoms with E-state index in [-0.39, 0.29) is 13.0 Å². The predicted octanol–water partition coefficient (Wildman–Crippen LogP) is 6.64. The second-order valence-electron chi connectivity index (χ2n) is 14.1. The molecule has 0 radical (unpaired) electrons. The third kappa shape index (κ3) is 22.4. The van der Waals surface area contributed by atoms with E-state index in [4.69, 9.17) is 18.5 Å². The Morgan fingerprint density at radius 1 is 0.560 bits per heavy atom. The van der Waals surface area contributed by atoms with Gasteiger partial charge in [-0.1, -0.05) is 149 Å². The van der Waals surface area contributed by atoms with Gasteiger partial charge in [-0.25, -0.2) is 4.57 Å². The summed E-state index contributed by atoms with van der Waals surface area (Å²) in [5, 5.41) is 49.9. The topological polar surface area (TPSA) is 192 Å². The first-order valence-electron chi connectivity index (χ1n) is 19.9. The highest BCUT2D eigenvalue weighted by Gasteiger charge is 2.51. The van der Waals surface area contributed by atoms with Crippen LogP contribution in [0.3, 0.4) is 0 Å². The Morgan fingerprint density at radius 3 is 1.38 bits per heavy atom. The largest absolute Gasteiger partial charge is 0.472 e. The van der Waals surface area contributed by atoms with E-state index in [2.05, 4.69) is 13.8 Å². The summed E-state index contributed by atoms with van der Waals surface area (Å²) >= 11 is 0. The summed E-state index contributed by atoms with van der Waals surface area (Å²) in [5.74, 6) is -0.476. The van der Waals surface area contributed by atoms with Gasteiger partial charge in [0.25, 0.3) is 0 Å². The highest BCUT2D eigenvalue weighted by Crippen LogP contribution is 2.47. The number of aliphatic hydroxyl groups excluding tert-OH is 5. The van der Waals surface area contributed by atoms with E-state index in [1.807, 2.05) is 0 Å². The molecule has 6 N–H and O–H groups in total. The number of phosphoric ester groups is 1. The molecule has 1 aliphatic carbocycles. The van der Waals surface area contributed by atoms with Gasteiger partial charge in [0.2, 0.25) is 0 Å². The van der Waals surface area contributed by atoms with Crippen LogP contribution in [0.1, 0.15) is 168 Å². The van der Waals surface area contributed by atoms with Gasteiger partial charge in [0.05, 0.1) is 13.2 Å². The summed E-state index contributed by atoms with van der Waals surface area (Å²) in [4.78, 5) is 23.0. The maximum atomic E-state index is 12.7. The molecule has 0 spiro atoms. The normalized spacial score (nSPS) is 24.2. The van der Waals surface area contributed by atoms with Gasteiger partial charge in [0, 0.05) is 13.0 Å². The van der Waals surface area contributed by atoms with Gasteiger partial charge in [-0.05, 0) is 12.8 Å². The van der Waals surface area contributed by atoms with E-state index in [1.165, 1.54) is 103 Å². The Bertz CT molecular complexity index is 848. The van der Waals surface area contributed by atoms with E-state index in [9.17, 15) is 39.8 Å². The Morgan fingerprint density at radius 2 is 0.940 bits per heavy atom. The summed E-state index contributed by atoms with van der Waals surface area (Å²) in [5.41, 5.74) is 0. The van der Waals surface area contributed by atoms with Gasteiger partial charge in [-0.2, -0.15) is 0 Å². The molecule has 1 fully saturated rings. The van der Waals surface area contributed by atoms with Crippen molar-refractivity contribution in [1.29, 1.82) is 0 Å². The SMILES string of the molecule is CCCCCCCCCCCCCCCCCC(=O)OC(COCCCCCCCCCC)COP(=O)(O)OC1C(O)C(O)C(O)C(O)C1O. The molecule has 0 bridgehead atoms. The van der Waals surface area contributed by atoms with E-state index >= 15 is 0 Å². The molecule has 0 aliphatic heterocycles. The molecule has 0 aromatic rings. The van der Waals surface area contributed by atoms with E-state index in [1.54, 1.807) is 0 Å². The van der Waals surface area contributed by atoms with Crippen LogP contribution in [0.15, 0.2) is 0 Å². The highest BCUT2D eigenvalue weighted by atomic mass is 31.2. The minimum absolute atomic E-state index is 0.0700. The van der Waals surface area contributed by atoms with Crippen LogP contribution < -0.4 is 0 Å². The van der Waals surface area contributed by atoms with Crippen LogP contribution in [0, 0.1) is 0 Å². The van der Waals surface area contributed by atoms with Crippen LogP contribution in [0.5, 0.6) is 0 Å². The summed E-state index contributed by atoms with van der Waals surface area (Å²) in [6.45, 7) is 4.22. The molecular formula is C37H73O12P. The lowest BCUT2D eigenvalue weighted by Crippen LogP contribution is -2.64. The maximum Gasteiger partial charge on any atom is 0.472 e. The van der Waals surface area contributed by atoms with Gasteiger partial charge in [0.15, 0.2) is 0 Å². The molecule has 1 aliphatic rings. The zero-order valence-corrected chi connectivity index (χ0v) is 32.1. The third-order valence-corrected chi connectivity index (χ3v) is 10.5. The van der Waals surface area contributed by atoms with Gasteiger partial charge in [-0.3, -0.25) is 13.8 Å². The van der Waals surface area contributed by atoms with Crippen molar-refractivity contribution >= 4 is 13.8 Å². The molecule has 0 amide bonds. The number of aliphatic hydroxyl groups is 5. The number of hydrogen-bond acceptors (Lipinski definition) is 11. The third-order valence-electron chi connectivity index (χ3n) is 9.48. The Hall–Kier alpha value is -0.660. The van der Waals surface area contributed by atoms with Crippen molar-refractivity contribution in [3.05, 3.63) is 0 Å². The first-order valence-corrected chi connectivity index (χ1v) is 21.4. The van der Waals surface area contributed by atoms with E-state index in [0.29, 0.717) is 13.0 Å². The fraction of sp³-hybridized carbons (Fsp3) is 0.973. The Labute approximate surface area is 302 Å². The lowest BCUT2D eigenvalue weighted by molar-refractivity contribution is -0.220. The van der Waals surface area contributed by atoms with Crippen molar-refractivity contribution in [1.82, 2.24) is 0 Å². The van der Waals surface area contributed by atoms with E-state index in [0.717, 1.165) is 38.5 Å². The van der Waals surface area contributed by atoms with Crippen LogP contribution in [0.25, 0.3) is 0 Å². The van der Waals surface area contributed by atoms with Crippen molar-refractivity contribution in [2.45, 2.75) is 211 Å². The molecular weight excluding hydrogens is 667 g/mol. The molecule has 12 nitrogen and oxygen atoms in total. The van der Waals surface area contributed by atoms with Gasteiger partial charge in [0.1, 0.15) is 42.7 Å². The van der Waals surface area contributed by atoms with Crippen LogP contribution >= 0.6 is 7.82 Å². The van der Waals surface area contributed by atoms with Crippen molar-refractivity contribution in [2.24, 2.45) is 0 Å². The van der Waals surface area contributed by atoms with Crippen LogP contribution in [0.2, 0.25) is 0 Å². The number of unbranched alkanes of at least 4 members (excludes halogenated alkanes) is 21. The number of ether oxygens (including phenoxy) is 2. The van der Waals surface area contributed by atoms with E-state index < -0.39 is 63.1 Å². The molecule has 298 valence electrons. The molecule has 1 rings (SSSR count). The molecule has 6 unspecified atom stereocenters. The second kappa shape index (κ2) is 29.8. The summed E-state index contributed by atoms with van der Waals surface area (Å²) in [7, 11) is -5.00. The molecule has 0 heterocycles. The Balaban J connectivity index is 2.42. The van der Waals surface area contributed by atoms with Crippen molar-refractivity contribution in [3.8, 4) is 0 Å². The number of phosphoric acid groups is 1. The van der Waals surface area contributed by atoms with Gasteiger partial charge < -0.3 is 39.9 Å². The monoisotopic (exact) mass is 740 g/mol. The zero-order valence-electron chi connectivity index (χ0n) is 31.2. The smallest absolute Gasteiger partial charge is 0.457 e. The standard InChI is InChI=1S/C37H73O12P/c1-3-5-7-9-11-13-14-15-16-17-18-19-20-22-24-26-31(38)48-30(28-46-27-25-23-21-12-10-8-6-4-2)29-47-50(44,45)49-37-35(42)33(40)32(39)34(41)36(37)43/h30,32-37,39-43H,3-29H2,1-2H3,(H,44,45). The summed E-state index contributed by atoms with van der Waals surface area (Å²) in [6, 6.07) is 0. The fourth-order valence-electron chi connectivity index (χ4n) is 6.24. The molecule has 0 aromatic carbocycles. The number of carbonyl (C=O) groups is 1.